The number of nitrogens with zero attached hydrogens (tertiary/aromatic N) is 5. The summed E-state index contributed by atoms with van der Waals surface area (Å²) >= 11 is 0. The fourth-order valence-corrected chi connectivity index (χ4v) is 4.47. The van der Waals surface area contributed by atoms with Crippen LogP contribution < -0.4 is 29.6 Å². The molecule has 0 atom stereocenters. The molecule has 3 heterocycles. The number of aromatic nitrogens is 6. The normalized spacial score (nSPS) is 11.0. The Bertz CT molecular complexity index is 1810. The number of fused-ring (bicyclic) bond motifs is 2. The quantitative estimate of drug-likeness (QED) is 0.225. The van der Waals surface area contributed by atoms with Crippen LogP contribution in [0.15, 0.2) is 67.1 Å². The van der Waals surface area contributed by atoms with Crippen LogP contribution in [-0.4, -0.2) is 57.9 Å². The zero-order valence-electron chi connectivity index (χ0n) is 22.2. The topological polar surface area (TPSA) is 133 Å². The minimum atomic E-state index is 0.309. The third-order valence-corrected chi connectivity index (χ3v) is 6.35. The van der Waals surface area contributed by atoms with Crippen LogP contribution in [-0.2, 0) is 0 Å². The molecule has 0 aliphatic carbocycles. The molecule has 3 aromatic heterocycles. The fourth-order valence-electron chi connectivity index (χ4n) is 4.47. The summed E-state index contributed by atoms with van der Waals surface area (Å²) in [4.78, 5) is 21.5. The minimum Gasteiger partial charge on any atom is -0.497 e. The molecule has 0 bridgehead atoms. The van der Waals surface area contributed by atoms with Gasteiger partial charge in [0, 0.05) is 46.7 Å². The number of imidazole rings is 1. The van der Waals surface area contributed by atoms with E-state index in [1.165, 1.54) is 6.33 Å². The van der Waals surface area contributed by atoms with Crippen molar-refractivity contribution < 1.29 is 18.9 Å². The van der Waals surface area contributed by atoms with Crippen molar-refractivity contribution in [2.45, 2.75) is 0 Å². The Morgan fingerprint density at radius 2 is 1.57 bits per heavy atom. The van der Waals surface area contributed by atoms with E-state index in [0.717, 1.165) is 27.6 Å². The molecule has 12 heteroatoms. The number of benzene rings is 3. The maximum Gasteiger partial charge on any atom is 0.241 e. The Balaban J connectivity index is 1.42. The maximum atomic E-state index is 5.48. The summed E-state index contributed by atoms with van der Waals surface area (Å²) in [5.41, 5.74) is 4.05. The molecule has 0 amide bonds. The first-order valence-corrected chi connectivity index (χ1v) is 12.3. The van der Waals surface area contributed by atoms with E-state index < -0.39 is 0 Å². The van der Waals surface area contributed by atoms with Gasteiger partial charge in [0.1, 0.15) is 12.1 Å². The molecule has 0 fully saturated rings. The number of ether oxygens (including phenoxy) is 4. The van der Waals surface area contributed by atoms with Gasteiger partial charge in [-0.3, -0.25) is 0 Å². The lowest BCUT2D eigenvalue weighted by Crippen LogP contribution is -2.08. The zero-order chi connectivity index (χ0) is 27.6. The van der Waals surface area contributed by atoms with Gasteiger partial charge in [0.25, 0.3) is 0 Å². The molecule has 0 radical (unpaired) electrons. The van der Waals surface area contributed by atoms with Gasteiger partial charge in [-0.2, -0.15) is 4.98 Å². The van der Waals surface area contributed by atoms with Crippen molar-refractivity contribution in [1.29, 1.82) is 0 Å². The smallest absolute Gasteiger partial charge is 0.241 e. The lowest BCUT2D eigenvalue weighted by Gasteiger charge is -2.15. The summed E-state index contributed by atoms with van der Waals surface area (Å²) in [6.45, 7) is 0. The first-order valence-electron chi connectivity index (χ1n) is 12.3. The van der Waals surface area contributed by atoms with E-state index in [-0.39, 0.29) is 0 Å². The highest BCUT2D eigenvalue weighted by atomic mass is 16.5. The molecule has 0 aliphatic rings. The molecule has 40 heavy (non-hydrogen) atoms. The molecule has 0 aliphatic heterocycles. The van der Waals surface area contributed by atoms with Gasteiger partial charge in [-0.05, 0) is 36.4 Å². The van der Waals surface area contributed by atoms with E-state index in [9.17, 15) is 0 Å². The lowest BCUT2D eigenvalue weighted by atomic mass is 10.2. The molecule has 6 aromatic rings. The molecule has 0 unspecified atom stereocenters. The maximum absolute atomic E-state index is 5.48. The molecule has 202 valence electrons. The van der Waals surface area contributed by atoms with Crippen LogP contribution in [0.4, 0.5) is 23.3 Å². The summed E-state index contributed by atoms with van der Waals surface area (Å²) < 4.78 is 23.7. The van der Waals surface area contributed by atoms with Crippen LogP contribution in [0.5, 0.6) is 23.0 Å². The number of aromatic amines is 1. The van der Waals surface area contributed by atoms with Crippen molar-refractivity contribution in [1.82, 2.24) is 29.5 Å². The van der Waals surface area contributed by atoms with Gasteiger partial charge < -0.3 is 34.6 Å². The van der Waals surface area contributed by atoms with Crippen LogP contribution >= 0.6 is 0 Å². The summed E-state index contributed by atoms with van der Waals surface area (Å²) in [6, 6.07) is 17.2. The van der Waals surface area contributed by atoms with Gasteiger partial charge >= 0.3 is 0 Å². The average molecular weight is 539 g/mol. The summed E-state index contributed by atoms with van der Waals surface area (Å²) in [6.07, 6.45) is 3.34. The average Bonchev–Trinajstić information content (AvgIpc) is 3.60. The van der Waals surface area contributed by atoms with Crippen LogP contribution in [0.25, 0.3) is 27.9 Å². The highest BCUT2D eigenvalue weighted by Gasteiger charge is 2.18. The van der Waals surface area contributed by atoms with Crippen LogP contribution in [0, 0.1) is 0 Å². The number of nitrogens with one attached hydrogen (secondary N) is 3. The summed E-state index contributed by atoms with van der Waals surface area (Å²) in [5.74, 6) is 3.35. The Morgan fingerprint density at radius 1 is 0.750 bits per heavy atom. The van der Waals surface area contributed by atoms with Crippen molar-refractivity contribution in [2.24, 2.45) is 0 Å². The molecule has 0 spiro atoms. The Labute approximate surface area is 228 Å². The Kier molecular flexibility index (Phi) is 6.40. The third-order valence-electron chi connectivity index (χ3n) is 6.35. The number of H-pyrrole nitrogens is 1. The van der Waals surface area contributed by atoms with Crippen LogP contribution in [0.3, 0.4) is 0 Å². The van der Waals surface area contributed by atoms with E-state index in [0.29, 0.717) is 46.5 Å². The zero-order valence-corrected chi connectivity index (χ0v) is 22.2. The van der Waals surface area contributed by atoms with Crippen molar-refractivity contribution in [2.75, 3.05) is 39.1 Å². The van der Waals surface area contributed by atoms with Crippen LogP contribution in [0.1, 0.15) is 0 Å². The molecular weight excluding hydrogens is 512 g/mol. The van der Waals surface area contributed by atoms with Crippen molar-refractivity contribution in [3.63, 3.8) is 0 Å². The Morgan fingerprint density at radius 3 is 2.33 bits per heavy atom. The van der Waals surface area contributed by atoms with E-state index in [1.54, 1.807) is 40.6 Å². The SMILES string of the molecule is COc1ccc2nc(Nc3ccc4[nH]ccc4c3)n(-c3ncnc(Nc4cc(OC)c(OC)c(OC)c4)n3)c2c1. The third kappa shape index (κ3) is 4.51. The van der Waals surface area contributed by atoms with Crippen LogP contribution in [0.2, 0.25) is 0 Å². The minimum absolute atomic E-state index is 0.309. The van der Waals surface area contributed by atoms with E-state index in [4.69, 9.17) is 28.9 Å². The highest BCUT2D eigenvalue weighted by Crippen LogP contribution is 2.40. The van der Waals surface area contributed by atoms with E-state index in [2.05, 4.69) is 25.6 Å². The largest absolute Gasteiger partial charge is 0.497 e. The van der Waals surface area contributed by atoms with Gasteiger partial charge in [-0.1, -0.05) is 0 Å². The number of hydrogen-bond donors (Lipinski definition) is 3. The van der Waals surface area contributed by atoms with Crippen molar-refractivity contribution in [3.8, 4) is 28.9 Å². The van der Waals surface area contributed by atoms with Gasteiger partial charge in [-0.25, -0.2) is 19.5 Å². The molecular formula is C28H26N8O4. The summed E-state index contributed by atoms with van der Waals surface area (Å²) in [5, 5.41) is 7.70. The first-order chi connectivity index (χ1) is 19.6. The number of anilines is 4. The molecule has 3 N–H and O–H groups in total. The van der Waals surface area contributed by atoms with Gasteiger partial charge in [0.15, 0.2) is 11.5 Å². The standard InChI is InChI=1S/C28H26N8O4/c1-37-19-6-8-21-22(14-19)36(28(34-21)33-17-5-7-20-16(11-17)9-10-29-20)27-31-15-30-26(35-27)32-18-12-23(38-2)25(40-4)24(13-18)39-3/h5-15,29H,1-4H3,(H,33,34)(H,30,31,32,35). The molecule has 0 saturated carbocycles. The second kappa shape index (κ2) is 10.3. The van der Waals surface area contributed by atoms with Crippen molar-refractivity contribution >= 4 is 45.2 Å². The monoisotopic (exact) mass is 538 g/mol. The number of rotatable bonds is 9. The molecule has 6 rings (SSSR count). The van der Waals surface area contributed by atoms with Gasteiger partial charge in [0.05, 0.1) is 39.5 Å². The predicted octanol–water partition coefficient (Wildman–Crippen LogP) is 5.21. The Hall–Kier alpha value is -5.52. The van der Waals surface area contributed by atoms with E-state index in [1.807, 2.05) is 53.2 Å². The second-order valence-electron chi connectivity index (χ2n) is 8.68. The first kappa shape index (κ1) is 24.8. The van der Waals surface area contributed by atoms with Crippen molar-refractivity contribution in [3.05, 3.63) is 67.1 Å². The highest BCUT2D eigenvalue weighted by molar-refractivity contribution is 5.86. The second-order valence-corrected chi connectivity index (χ2v) is 8.68. The number of hydrogen-bond acceptors (Lipinski definition) is 10. The molecule has 3 aromatic carbocycles. The lowest BCUT2D eigenvalue weighted by molar-refractivity contribution is 0.324. The predicted molar refractivity (Wildman–Crippen MR) is 152 cm³/mol. The number of methoxy groups -OCH3 is 4. The molecule has 12 nitrogen and oxygen atoms in total. The van der Waals surface area contributed by atoms with E-state index >= 15 is 0 Å². The summed E-state index contributed by atoms with van der Waals surface area (Å²) in [7, 11) is 6.29. The molecule has 0 saturated heterocycles. The fraction of sp³-hybridized carbons (Fsp3) is 0.143. The van der Waals surface area contributed by atoms with Gasteiger partial charge in [0.2, 0.25) is 23.6 Å². The van der Waals surface area contributed by atoms with Gasteiger partial charge in [-0.15, -0.1) is 0 Å².